The van der Waals surface area contributed by atoms with Gasteiger partial charge >= 0.3 is 12.0 Å². The van der Waals surface area contributed by atoms with Gasteiger partial charge in [0.25, 0.3) is 5.91 Å². The molecule has 3 heterocycles. The van der Waals surface area contributed by atoms with Crippen LogP contribution < -0.4 is 10.6 Å². The molecule has 3 amide bonds. The highest BCUT2D eigenvalue weighted by atomic mass is 32.2. The number of carbonyl (C=O) groups is 3. The Morgan fingerprint density at radius 2 is 2.29 bits per heavy atom. The maximum absolute atomic E-state index is 12.3. The second kappa shape index (κ2) is 7.28. The van der Waals surface area contributed by atoms with Gasteiger partial charge in [0, 0.05) is 24.3 Å². The van der Waals surface area contributed by atoms with Gasteiger partial charge in [-0.3, -0.25) is 14.7 Å². The minimum Gasteiger partial charge on any atom is -0.477 e. The van der Waals surface area contributed by atoms with E-state index in [1.165, 1.54) is 35.5 Å². The highest BCUT2D eigenvalue weighted by Crippen LogP contribution is 2.41. The summed E-state index contributed by atoms with van der Waals surface area (Å²) in [4.78, 5) is 41.0. The van der Waals surface area contributed by atoms with E-state index >= 15 is 0 Å². The van der Waals surface area contributed by atoms with Crippen molar-refractivity contribution >= 4 is 57.6 Å². The maximum atomic E-state index is 12.3. The molecule has 0 aromatic carbocycles. The van der Waals surface area contributed by atoms with E-state index in [1.807, 2.05) is 0 Å². The number of nitrogens with one attached hydrogen (secondary N) is 2. The van der Waals surface area contributed by atoms with Crippen LogP contribution in [0, 0.1) is 0 Å². The van der Waals surface area contributed by atoms with Crippen LogP contribution in [0.4, 0.5) is 4.79 Å². The Balaban J connectivity index is 1.74. The Kier molecular flexibility index (Phi) is 5.30. The summed E-state index contributed by atoms with van der Waals surface area (Å²) in [5, 5.41) is 14.1. The number of β-lactam (4-membered cyclic amide) rings is 1. The van der Waals surface area contributed by atoms with E-state index in [0.29, 0.717) is 11.5 Å². The van der Waals surface area contributed by atoms with Crippen LogP contribution >= 0.6 is 35.3 Å². The number of fused-ring (bicyclic) bond motifs is 1. The maximum Gasteiger partial charge on any atom is 0.352 e. The molecule has 0 aliphatic carbocycles. The van der Waals surface area contributed by atoms with Crippen LogP contribution in [0.25, 0.3) is 0 Å². The molecule has 24 heavy (non-hydrogen) atoms. The minimum atomic E-state index is -1.11. The number of carbonyl (C=O) groups excluding carboxylic acids is 2. The molecule has 0 spiro atoms. The number of urea groups is 1. The third-order valence-corrected chi connectivity index (χ3v) is 7.37. The molecule has 8 nitrogen and oxygen atoms in total. The number of rotatable bonds is 4. The summed E-state index contributed by atoms with van der Waals surface area (Å²) in [6.07, 6.45) is 0. The fourth-order valence-corrected chi connectivity index (χ4v) is 6.05. The number of carboxylic acids is 1. The molecule has 3 aliphatic rings. The zero-order valence-electron chi connectivity index (χ0n) is 12.8. The van der Waals surface area contributed by atoms with Crippen molar-refractivity contribution in [3.63, 3.8) is 0 Å². The summed E-state index contributed by atoms with van der Waals surface area (Å²) in [6, 6.07) is -1.14. The molecule has 0 saturated carbocycles. The van der Waals surface area contributed by atoms with Gasteiger partial charge in [-0.2, -0.15) is 0 Å². The van der Waals surface area contributed by atoms with Crippen LogP contribution in [0.1, 0.15) is 0 Å². The van der Waals surface area contributed by atoms with E-state index in [1.54, 1.807) is 11.8 Å². The molecular formula is C13H16N4O4S3. The normalized spacial score (nSPS) is 25.8. The molecule has 1 unspecified atom stereocenters. The van der Waals surface area contributed by atoms with Crippen molar-refractivity contribution in [3.8, 4) is 0 Å². The standard InChI is InChI=1S/C13H16N4O4S3/c1-14-12(21)16-7-9(18)17-8(11(19)20)6(4-23-10(7)17)5-24-13-15-2-3-22-13/h7,10H,2-5H2,1H3,(H,19,20)(H2,14,16,21)/t7?,10-/m1/s1. The van der Waals surface area contributed by atoms with Gasteiger partial charge in [-0.15, -0.1) is 11.8 Å². The topological polar surface area (TPSA) is 111 Å². The molecule has 11 heteroatoms. The monoisotopic (exact) mass is 388 g/mol. The Bertz CT molecular complexity index is 651. The summed E-state index contributed by atoms with van der Waals surface area (Å²) in [7, 11) is 1.46. The van der Waals surface area contributed by atoms with Gasteiger partial charge in [-0.1, -0.05) is 23.5 Å². The first-order valence-corrected chi connectivity index (χ1v) is 10.2. The largest absolute Gasteiger partial charge is 0.477 e. The fourth-order valence-electron chi connectivity index (χ4n) is 2.56. The number of carboxylic acid groups (broad SMARTS) is 1. The van der Waals surface area contributed by atoms with Gasteiger partial charge in [0.05, 0.1) is 6.54 Å². The summed E-state index contributed by atoms with van der Waals surface area (Å²) in [6.45, 7) is 0.798. The first-order valence-electron chi connectivity index (χ1n) is 7.21. The number of thioether (sulfide) groups is 3. The van der Waals surface area contributed by atoms with Crippen molar-refractivity contribution in [2.75, 3.05) is 30.9 Å². The number of nitrogens with zero attached hydrogens (tertiary/aromatic N) is 2. The molecule has 0 aromatic heterocycles. The lowest BCUT2D eigenvalue weighted by Gasteiger charge is -2.49. The molecule has 2 atom stereocenters. The van der Waals surface area contributed by atoms with E-state index in [2.05, 4.69) is 15.6 Å². The lowest BCUT2D eigenvalue weighted by atomic mass is 10.0. The summed E-state index contributed by atoms with van der Waals surface area (Å²) in [5.41, 5.74) is 0.769. The van der Waals surface area contributed by atoms with E-state index in [9.17, 15) is 19.5 Å². The Labute approximate surface area is 151 Å². The van der Waals surface area contributed by atoms with Gasteiger partial charge in [-0.05, 0) is 5.57 Å². The minimum absolute atomic E-state index is 0.0507. The molecule has 0 aromatic rings. The van der Waals surface area contributed by atoms with Crippen molar-refractivity contribution in [2.24, 2.45) is 4.99 Å². The molecule has 3 aliphatic heterocycles. The highest BCUT2D eigenvalue weighted by molar-refractivity contribution is 8.39. The number of aliphatic imine (C=N–C) groups is 1. The van der Waals surface area contributed by atoms with E-state index < -0.39 is 18.0 Å². The summed E-state index contributed by atoms with van der Waals surface area (Å²) >= 11 is 4.65. The van der Waals surface area contributed by atoms with Crippen LogP contribution in [0.5, 0.6) is 0 Å². The Hall–Kier alpha value is -1.33. The van der Waals surface area contributed by atoms with E-state index in [0.717, 1.165) is 22.2 Å². The molecule has 130 valence electrons. The van der Waals surface area contributed by atoms with Crippen LogP contribution in [0.15, 0.2) is 16.3 Å². The third-order valence-electron chi connectivity index (χ3n) is 3.69. The van der Waals surface area contributed by atoms with Crippen LogP contribution in [0.2, 0.25) is 0 Å². The lowest BCUT2D eigenvalue weighted by molar-refractivity contribution is -0.148. The first-order chi connectivity index (χ1) is 11.5. The van der Waals surface area contributed by atoms with Crippen LogP contribution in [-0.4, -0.2) is 74.6 Å². The zero-order chi connectivity index (χ0) is 17.3. The van der Waals surface area contributed by atoms with Gasteiger partial charge in [0.15, 0.2) is 0 Å². The van der Waals surface area contributed by atoms with Gasteiger partial charge in [-0.25, -0.2) is 9.59 Å². The highest BCUT2D eigenvalue weighted by Gasteiger charge is 2.54. The van der Waals surface area contributed by atoms with Gasteiger partial charge in [0.1, 0.15) is 21.5 Å². The summed E-state index contributed by atoms with van der Waals surface area (Å²) in [5.74, 6) is 0.491. The number of amides is 3. The molecule has 0 radical (unpaired) electrons. The SMILES string of the molecule is CNC(=O)NC1C(=O)N2C(C(=O)O)=C(CSC3=NCCS3)CS[C@H]12. The predicted octanol–water partition coefficient (Wildman–Crippen LogP) is 0.374. The van der Waals surface area contributed by atoms with E-state index in [4.69, 9.17) is 0 Å². The molecular weight excluding hydrogens is 372 g/mol. The Morgan fingerprint density at radius 1 is 1.50 bits per heavy atom. The summed E-state index contributed by atoms with van der Waals surface area (Å²) < 4.78 is 0.966. The average Bonchev–Trinajstić information content (AvgIpc) is 3.09. The Morgan fingerprint density at radius 3 is 2.92 bits per heavy atom. The zero-order valence-corrected chi connectivity index (χ0v) is 15.2. The van der Waals surface area contributed by atoms with Crippen molar-refractivity contribution in [3.05, 3.63) is 11.3 Å². The van der Waals surface area contributed by atoms with Crippen LogP contribution in [0.3, 0.4) is 0 Å². The molecule has 1 saturated heterocycles. The quantitative estimate of drug-likeness (QED) is 0.597. The fraction of sp³-hybridized carbons (Fsp3) is 0.538. The van der Waals surface area contributed by atoms with Crippen molar-refractivity contribution in [2.45, 2.75) is 11.4 Å². The molecule has 3 rings (SSSR count). The molecule has 1 fully saturated rings. The molecule has 0 bridgehead atoms. The van der Waals surface area contributed by atoms with Crippen molar-refractivity contribution in [1.82, 2.24) is 15.5 Å². The smallest absolute Gasteiger partial charge is 0.352 e. The number of aliphatic carboxylic acids is 1. The van der Waals surface area contributed by atoms with Gasteiger partial charge in [0.2, 0.25) is 0 Å². The van der Waals surface area contributed by atoms with Crippen LogP contribution in [-0.2, 0) is 9.59 Å². The predicted molar refractivity (Wildman–Crippen MR) is 96.4 cm³/mol. The lowest BCUT2D eigenvalue weighted by Crippen LogP contribution is -2.71. The van der Waals surface area contributed by atoms with Crippen molar-refractivity contribution < 1.29 is 19.5 Å². The van der Waals surface area contributed by atoms with Crippen molar-refractivity contribution in [1.29, 1.82) is 0 Å². The average molecular weight is 388 g/mol. The van der Waals surface area contributed by atoms with Gasteiger partial charge < -0.3 is 15.7 Å². The second-order valence-electron chi connectivity index (χ2n) is 5.15. The second-order valence-corrected chi connectivity index (χ2v) is 8.56. The third kappa shape index (κ3) is 3.24. The van der Waals surface area contributed by atoms with E-state index in [-0.39, 0.29) is 17.0 Å². The molecule has 3 N–H and O–H groups in total. The number of hydrogen-bond donors (Lipinski definition) is 3. The first kappa shape index (κ1) is 17.5. The number of hydrogen-bond acceptors (Lipinski definition) is 7.